The minimum Gasteiger partial charge on any atom is -0.394 e. The number of carbonyl (C=O) groups excluding carboxylic acids is 2. The SMILES string of the molecule is CCO[C@H]1C(Cl)C(=O)NC(=O)N1[C@H]1CC(F)[C@@H](CO)O1. The number of hydrogen-bond donors (Lipinski definition) is 2. The Bertz CT molecular complexity index is 399. The number of ether oxygens (including phenoxy) is 2. The zero-order valence-electron chi connectivity index (χ0n) is 10.8. The van der Waals surface area contributed by atoms with Crippen LogP contribution in [0, 0.1) is 0 Å². The first kappa shape index (κ1) is 15.4. The number of carbonyl (C=O) groups is 2. The Morgan fingerprint density at radius 1 is 1.60 bits per heavy atom. The lowest BCUT2D eigenvalue weighted by atomic mass is 10.2. The summed E-state index contributed by atoms with van der Waals surface area (Å²) in [6.07, 6.45) is -4.47. The molecular weight excluding hydrogens is 295 g/mol. The van der Waals surface area contributed by atoms with Gasteiger partial charge in [0.1, 0.15) is 18.5 Å². The van der Waals surface area contributed by atoms with Crippen LogP contribution in [0.5, 0.6) is 0 Å². The van der Waals surface area contributed by atoms with Gasteiger partial charge in [-0.3, -0.25) is 15.0 Å². The third-order valence-electron chi connectivity index (χ3n) is 3.23. The smallest absolute Gasteiger partial charge is 0.328 e. The third-order valence-corrected chi connectivity index (χ3v) is 3.64. The summed E-state index contributed by atoms with van der Waals surface area (Å²) >= 11 is 5.93. The van der Waals surface area contributed by atoms with E-state index >= 15 is 0 Å². The van der Waals surface area contributed by atoms with E-state index in [-0.39, 0.29) is 13.0 Å². The first-order valence-electron chi connectivity index (χ1n) is 6.28. The molecule has 3 amide bonds. The molecule has 2 unspecified atom stereocenters. The normalized spacial score (nSPS) is 38.2. The van der Waals surface area contributed by atoms with Crippen molar-refractivity contribution in [1.82, 2.24) is 10.2 Å². The van der Waals surface area contributed by atoms with Crippen molar-refractivity contribution < 1.29 is 28.6 Å². The van der Waals surface area contributed by atoms with Crippen LogP contribution in [0.4, 0.5) is 9.18 Å². The zero-order chi connectivity index (χ0) is 14.9. The molecule has 2 N–H and O–H groups in total. The van der Waals surface area contributed by atoms with E-state index in [4.69, 9.17) is 26.2 Å². The Kier molecular flexibility index (Phi) is 4.79. The second-order valence-corrected chi connectivity index (χ2v) is 4.98. The van der Waals surface area contributed by atoms with Gasteiger partial charge in [0.15, 0.2) is 11.6 Å². The summed E-state index contributed by atoms with van der Waals surface area (Å²) < 4.78 is 24.2. The molecule has 0 aromatic rings. The van der Waals surface area contributed by atoms with Crippen molar-refractivity contribution in [2.75, 3.05) is 13.2 Å². The number of nitrogens with one attached hydrogen (secondary N) is 1. The van der Waals surface area contributed by atoms with Crippen LogP contribution in [-0.2, 0) is 14.3 Å². The second-order valence-electron chi connectivity index (χ2n) is 4.51. The number of aliphatic hydroxyl groups is 1. The molecule has 0 radical (unpaired) electrons. The molecule has 2 heterocycles. The Morgan fingerprint density at radius 2 is 2.30 bits per heavy atom. The maximum Gasteiger partial charge on any atom is 0.328 e. The van der Waals surface area contributed by atoms with Crippen molar-refractivity contribution in [3.63, 3.8) is 0 Å². The van der Waals surface area contributed by atoms with Gasteiger partial charge in [0, 0.05) is 13.0 Å². The molecule has 2 aliphatic rings. The van der Waals surface area contributed by atoms with Crippen LogP contribution in [-0.4, -0.2) is 65.3 Å². The van der Waals surface area contributed by atoms with Gasteiger partial charge < -0.3 is 14.6 Å². The lowest BCUT2D eigenvalue weighted by Crippen LogP contribution is -2.64. The molecular formula is C11H16ClFN2O5. The molecule has 0 aliphatic carbocycles. The molecule has 7 nitrogen and oxygen atoms in total. The number of amides is 3. The summed E-state index contributed by atoms with van der Waals surface area (Å²) in [6, 6.07) is -0.749. The van der Waals surface area contributed by atoms with Gasteiger partial charge in [0.05, 0.1) is 6.61 Å². The Hall–Kier alpha value is -0.960. The molecule has 0 aromatic carbocycles. The first-order chi connectivity index (χ1) is 9.49. The summed E-state index contributed by atoms with van der Waals surface area (Å²) in [6.45, 7) is 1.42. The van der Waals surface area contributed by atoms with Gasteiger partial charge in [0.25, 0.3) is 5.91 Å². The fraction of sp³-hybridized carbons (Fsp3) is 0.818. The van der Waals surface area contributed by atoms with Crippen LogP contribution in [0.25, 0.3) is 0 Å². The quantitative estimate of drug-likeness (QED) is 0.711. The number of imide groups is 1. The summed E-state index contributed by atoms with van der Waals surface area (Å²) in [5.74, 6) is -0.667. The summed E-state index contributed by atoms with van der Waals surface area (Å²) in [7, 11) is 0. The highest BCUT2D eigenvalue weighted by Gasteiger charge is 2.49. The largest absolute Gasteiger partial charge is 0.394 e. The van der Waals surface area contributed by atoms with Crippen LogP contribution in [0.3, 0.4) is 0 Å². The molecule has 2 aliphatic heterocycles. The van der Waals surface area contributed by atoms with E-state index in [0.29, 0.717) is 0 Å². The highest BCUT2D eigenvalue weighted by Crippen LogP contribution is 2.30. The van der Waals surface area contributed by atoms with Gasteiger partial charge in [-0.05, 0) is 6.92 Å². The second kappa shape index (κ2) is 6.21. The van der Waals surface area contributed by atoms with E-state index < -0.39 is 48.7 Å². The van der Waals surface area contributed by atoms with E-state index in [1.165, 1.54) is 0 Å². The highest BCUT2D eigenvalue weighted by atomic mass is 35.5. The Morgan fingerprint density at radius 3 is 2.85 bits per heavy atom. The predicted octanol–water partition coefficient (Wildman–Crippen LogP) is -0.0464. The number of urea groups is 1. The maximum absolute atomic E-state index is 13.6. The van der Waals surface area contributed by atoms with E-state index in [1.807, 2.05) is 0 Å². The monoisotopic (exact) mass is 310 g/mol. The molecule has 114 valence electrons. The van der Waals surface area contributed by atoms with Crippen LogP contribution < -0.4 is 5.32 Å². The molecule has 2 fully saturated rings. The predicted molar refractivity (Wildman–Crippen MR) is 65.7 cm³/mol. The minimum atomic E-state index is -1.40. The molecule has 0 saturated carbocycles. The maximum atomic E-state index is 13.6. The molecule has 20 heavy (non-hydrogen) atoms. The van der Waals surface area contributed by atoms with Gasteiger partial charge in [-0.2, -0.15) is 0 Å². The standard InChI is InChI=1S/C11H16ClFN2O5/c1-2-19-10-8(12)9(17)14-11(18)15(10)7-3-5(13)6(4-16)20-7/h5-8,10,16H,2-4H2,1H3,(H,14,17,18)/t5?,6-,7-,8?,10+/m1/s1. The van der Waals surface area contributed by atoms with Crippen molar-refractivity contribution in [2.24, 2.45) is 0 Å². The molecule has 9 heteroatoms. The summed E-state index contributed by atoms with van der Waals surface area (Å²) in [5, 5.41) is 9.94. The van der Waals surface area contributed by atoms with Crippen LogP contribution in [0.2, 0.25) is 0 Å². The summed E-state index contributed by atoms with van der Waals surface area (Å²) in [5.41, 5.74) is 0. The lowest BCUT2D eigenvalue weighted by Gasteiger charge is -2.40. The lowest BCUT2D eigenvalue weighted by molar-refractivity contribution is -0.149. The van der Waals surface area contributed by atoms with Gasteiger partial charge in [-0.1, -0.05) is 0 Å². The third kappa shape index (κ3) is 2.73. The number of halogens is 2. The van der Waals surface area contributed by atoms with Crippen molar-refractivity contribution in [1.29, 1.82) is 0 Å². The number of rotatable bonds is 4. The number of hydrogen-bond acceptors (Lipinski definition) is 5. The van der Waals surface area contributed by atoms with Crippen LogP contribution in [0.1, 0.15) is 13.3 Å². The molecule has 5 atom stereocenters. The van der Waals surface area contributed by atoms with E-state index in [1.54, 1.807) is 6.92 Å². The minimum absolute atomic E-state index is 0.111. The average molecular weight is 311 g/mol. The Labute approximate surface area is 119 Å². The Balaban J connectivity index is 2.18. The fourth-order valence-electron chi connectivity index (χ4n) is 2.28. The van der Waals surface area contributed by atoms with Crippen LogP contribution in [0.15, 0.2) is 0 Å². The highest BCUT2D eigenvalue weighted by molar-refractivity contribution is 6.33. The molecule has 0 spiro atoms. The van der Waals surface area contributed by atoms with Crippen LogP contribution >= 0.6 is 11.6 Å². The van der Waals surface area contributed by atoms with Crippen molar-refractivity contribution in [3.8, 4) is 0 Å². The molecule has 0 aromatic heterocycles. The number of aliphatic hydroxyl groups excluding tert-OH is 1. The van der Waals surface area contributed by atoms with Gasteiger partial charge in [-0.15, -0.1) is 11.6 Å². The number of alkyl halides is 2. The zero-order valence-corrected chi connectivity index (χ0v) is 11.5. The van der Waals surface area contributed by atoms with Crippen molar-refractivity contribution in [3.05, 3.63) is 0 Å². The number of nitrogens with zero attached hydrogens (tertiary/aromatic N) is 1. The average Bonchev–Trinajstić information content (AvgIpc) is 2.76. The fourth-order valence-corrected chi connectivity index (χ4v) is 2.53. The van der Waals surface area contributed by atoms with E-state index in [2.05, 4.69) is 5.32 Å². The van der Waals surface area contributed by atoms with Gasteiger partial charge in [0.2, 0.25) is 0 Å². The molecule has 0 bridgehead atoms. The summed E-state index contributed by atoms with van der Waals surface area (Å²) in [4.78, 5) is 24.5. The van der Waals surface area contributed by atoms with Gasteiger partial charge in [-0.25, -0.2) is 9.18 Å². The van der Waals surface area contributed by atoms with Crippen molar-refractivity contribution in [2.45, 2.75) is 43.5 Å². The molecule has 2 rings (SSSR count). The van der Waals surface area contributed by atoms with E-state index in [9.17, 15) is 14.0 Å². The topological polar surface area (TPSA) is 88.1 Å². The van der Waals surface area contributed by atoms with Crippen molar-refractivity contribution >= 4 is 23.5 Å². The first-order valence-corrected chi connectivity index (χ1v) is 6.72. The molecule has 2 saturated heterocycles. The van der Waals surface area contributed by atoms with Gasteiger partial charge >= 0.3 is 6.03 Å². The van der Waals surface area contributed by atoms with E-state index in [0.717, 1.165) is 4.90 Å².